The van der Waals surface area contributed by atoms with Gasteiger partial charge < -0.3 is 4.74 Å². The number of unbranched alkanes of at least 4 members (excludes halogenated alkanes) is 2. The van der Waals surface area contributed by atoms with Gasteiger partial charge in [0, 0.05) is 25.0 Å². The summed E-state index contributed by atoms with van der Waals surface area (Å²) < 4.78 is 30.0. The molecule has 2 heterocycles. The van der Waals surface area contributed by atoms with Crippen molar-refractivity contribution in [2.24, 2.45) is 0 Å². The highest BCUT2D eigenvalue weighted by Crippen LogP contribution is 2.35. The molecule has 2 N–H and O–H groups in total. The summed E-state index contributed by atoms with van der Waals surface area (Å²) in [4.78, 5) is 16.6. The fourth-order valence-corrected chi connectivity index (χ4v) is 5.66. The number of hydrogen-bond donors (Lipinski definition) is 2. The van der Waals surface area contributed by atoms with Gasteiger partial charge in [-0.25, -0.2) is 13.9 Å². The molecule has 0 bridgehead atoms. The predicted molar refractivity (Wildman–Crippen MR) is 120 cm³/mol. The van der Waals surface area contributed by atoms with Gasteiger partial charge in [0.15, 0.2) is 14.6 Å². The number of benzene rings is 1. The molecule has 1 fully saturated rings. The Hall–Kier alpha value is -2.00. The fourth-order valence-electron chi connectivity index (χ4n) is 3.78. The number of aryl methyl sites for hydroxylation is 1. The zero-order valence-corrected chi connectivity index (χ0v) is 19.2. The van der Waals surface area contributed by atoms with Gasteiger partial charge in [0.1, 0.15) is 0 Å². The number of halogens is 1. The molecule has 31 heavy (non-hydrogen) atoms. The first-order valence-corrected chi connectivity index (χ1v) is 11.8. The lowest BCUT2D eigenvalue weighted by molar-refractivity contribution is -0.134. The van der Waals surface area contributed by atoms with Crippen LogP contribution in [0.4, 0.5) is 0 Å². The van der Waals surface area contributed by atoms with E-state index in [0.717, 1.165) is 18.4 Å². The minimum atomic E-state index is -4.07. The molecule has 0 saturated carbocycles. The minimum absolute atomic E-state index is 0. The summed E-state index contributed by atoms with van der Waals surface area (Å²) in [6.45, 7) is 2.43. The lowest BCUT2D eigenvalue weighted by Gasteiger charge is -2.34. The Morgan fingerprint density at radius 3 is 2.35 bits per heavy atom. The van der Waals surface area contributed by atoms with E-state index in [4.69, 9.17) is 9.94 Å². The van der Waals surface area contributed by atoms with Crippen molar-refractivity contribution in [3.8, 4) is 11.3 Å². The number of nitrogens with zero attached hydrogens (tertiary/aromatic N) is 1. The topological polar surface area (TPSA) is 106 Å². The largest absolute Gasteiger partial charge is 0.381 e. The number of carbonyl (C=O) groups excluding carboxylic acids is 1. The van der Waals surface area contributed by atoms with Crippen molar-refractivity contribution in [3.63, 3.8) is 0 Å². The maximum atomic E-state index is 13.3. The highest BCUT2D eigenvalue weighted by molar-refractivity contribution is 7.93. The molecule has 0 unspecified atom stereocenters. The van der Waals surface area contributed by atoms with Gasteiger partial charge in [0.05, 0.1) is 10.6 Å². The van der Waals surface area contributed by atoms with Crippen LogP contribution < -0.4 is 5.48 Å². The number of sulfone groups is 1. The van der Waals surface area contributed by atoms with Gasteiger partial charge in [0.2, 0.25) is 0 Å². The molecular weight excluding hydrogens is 440 g/mol. The van der Waals surface area contributed by atoms with Gasteiger partial charge in [-0.15, -0.1) is 12.4 Å². The maximum Gasteiger partial charge on any atom is 0.265 e. The standard InChI is InChI=1S/C22H28N2O5S.ClH/c1-2-3-4-5-17-6-8-18(9-7-17)20-11-10-19(16-23-20)30(27,28)22(21(25)24-26)12-14-29-15-13-22;/h6-11,16,26H,2-5,12-15H2,1H3,(H,24,25);1H. The summed E-state index contributed by atoms with van der Waals surface area (Å²) in [5.41, 5.74) is 4.33. The van der Waals surface area contributed by atoms with E-state index in [0.29, 0.717) is 5.69 Å². The molecule has 1 saturated heterocycles. The number of pyridine rings is 1. The molecule has 170 valence electrons. The summed E-state index contributed by atoms with van der Waals surface area (Å²) >= 11 is 0. The molecule has 1 aliphatic heterocycles. The van der Waals surface area contributed by atoms with Gasteiger partial charge >= 0.3 is 0 Å². The van der Waals surface area contributed by atoms with Crippen molar-refractivity contribution in [1.29, 1.82) is 0 Å². The molecule has 0 atom stereocenters. The number of aromatic nitrogens is 1. The van der Waals surface area contributed by atoms with E-state index in [1.165, 1.54) is 36.1 Å². The predicted octanol–water partition coefficient (Wildman–Crippen LogP) is 3.73. The Kier molecular flexibility index (Phi) is 9.00. The van der Waals surface area contributed by atoms with Crippen LogP contribution in [0.5, 0.6) is 0 Å². The Morgan fingerprint density at radius 1 is 1.13 bits per heavy atom. The average Bonchev–Trinajstić information content (AvgIpc) is 2.79. The third kappa shape index (κ3) is 5.26. The van der Waals surface area contributed by atoms with Crippen LogP contribution in [-0.4, -0.2) is 42.5 Å². The number of ether oxygens (including phenoxy) is 1. The van der Waals surface area contributed by atoms with Crippen molar-refractivity contribution >= 4 is 28.2 Å². The Morgan fingerprint density at radius 2 is 1.81 bits per heavy atom. The highest BCUT2D eigenvalue weighted by Gasteiger charge is 2.52. The first-order chi connectivity index (χ1) is 14.4. The molecule has 2 aromatic rings. The maximum absolute atomic E-state index is 13.3. The summed E-state index contributed by atoms with van der Waals surface area (Å²) in [5.74, 6) is -0.937. The first-order valence-electron chi connectivity index (χ1n) is 10.3. The van der Waals surface area contributed by atoms with Crippen LogP contribution in [0.25, 0.3) is 11.3 Å². The number of nitrogens with one attached hydrogen (secondary N) is 1. The zero-order chi connectivity index (χ0) is 21.6. The SMILES string of the molecule is CCCCCc1ccc(-c2ccc(S(=O)(=O)C3(C(=O)NO)CCOCC3)cn2)cc1.Cl. The van der Waals surface area contributed by atoms with Crippen molar-refractivity contribution in [2.45, 2.75) is 55.1 Å². The van der Waals surface area contributed by atoms with Crippen molar-refractivity contribution in [1.82, 2.24) is 10.5 Å². The summed E-state index contributed by atoms with van der Waals surface area (Å²) in [5, 5.41) is 9.13. The van der Waals surface area contributed by atoms with Gasteiger partial charge in [-0.3, -0.25) is 15.0 Å². The number of hydrogen-bond acceptors (Lipinski definition) is 6. The van der Waals surface area contributed by atoms with Gasteiger partial charge in [-0.2, -0.15) is 0 Å². The van der Waals surface area contributed by atoms with E-state index in [9.17, 15) is 13.2 Å². The number of rotatable bonds is 8. The molecule has 1 aromatic carbocycles. The van der Waals surface area contributed by atoms with Gasteiger partial charge in [-0.05, 0) is 43.4 Å². The second-order valence-corrected chi connectivity index (χ2v) is 9.84. The Bertz CT molecular complexity index is 956. The molecular formula is C22H29ClN2O5S. The zero-order valence-electron chi connectivity index (χ0n) is 17.5. The Labute approximate surface area is 189 Å². The lowest BCUT2D eigenvalue weighted by Crippen LogP contribution is -2.54. The fraction of sp³-hybridized carbons (Fsp3) is 0.455. The molecule has 3 rings (SSSR count). The molecule has 0 aliphatic carbocycles. The van der Waals surface area contributed by atoms with E-state index >= 15 is 0 Å². The molecule has 1 aliphatic rings. The van der Waals surface area contributed by atoms with Crippen molar-refractivity contribution < 1.29 is 23.2 Å². The number of hydroxylamine groups is 1. The highest BCUT2D eigenvalue weighted by atomic mass is 35.5. The van der Waals surface area contributed by atoms with Crippen molar-refractivity contribution in [2.75, 3.05) is 13.2 Å². The molecule has 1 aromatic heterocycles. The molecule has 1 amide bonds. The first kappa shape index (κ1) is 25.3. The third-order valence-corrected chi connectivity index (χ3v) is 8.18. The Balaban J connectivity index is 0.00000341. The van der Waals surface area contributed by atoms with E-state index < -0.39 is 20.5 Å². The quantitative estimate of drug-likeness (QED) is 0.347. The second-order valence-electron chi connectivity index (χ2n) is 7.58. The van der Waals surface area contributed by atoms with Crippen LogP contribution in [0, 0.1) is 0 Å². The van der Waals surface area contributed by atoms with E-state index in [-0.39, 0.29) is 43.4 Å². The van der Waals surface area contributed by atoms with Gasteiger partial charge in [0.25, 0.3) is 5.91 Å². The molecule has 0 spiro atoms. The molecule has 9 heteroatoms. The van der Waals surface area contributed by atoms with Crippen LogP contribution in [0.3, 0.4) is 0 Å². The normalized spacial score (nSPS) is 15.7. The molecule has 0 radical (unpaired) electrons. The van der Waals surface area contributed by atoms with Crippen LogP contribution in [-0.2, 0) is 25.8 Å². The minimum Gasteiger partial charge on any atom is -0.381 e. The summed E-state index contributed by atoms with van der Waals surface area (Å²) in [7, 11) is -4.07. The third-order valence-electron chi connectivity index (χ3n) is 5.70. The van der Waals surface area contributed by atoms with E-state index in [1.807, 2.05) is 12.1 Å². The van der Waals surface area contributed by atoms with Crippen LogP contribution in [0.1, 0.15) is 44.6 Å². The smallest absolute Gasteiger partial charge is 0.265 e. The number of carbonyl (C=O) groups is 1. The molecule has 7 nitrogen and oxygen atoms in total. The van der Waals surface area contributed by atoms with Crippen LogP contribution in [0.15, 0.2) is 47.5 Å². The van der Waals surface area contributed by atoms with Crippen LogP contribution in [0.2, 0.25) is 0 Å². The lowest BCUT2D eigenvalue weighted by atomic mass is 9.98. The van der Waals surface area contributed by atoms with Crippen molar-refractivity contribution in [3.05, 3.63) is 48.2 Å². The second kappa shape index (κ2) is 11.0. The average molecular weight is 469 g/mol. The summed E-state index contributed by atoms with van der Waals surface area (Å²) in [6, 6.07) is 11.2. The van der Waals surface area contributed by atoms with Crippen LogP contribution >= 0.6 is 12.4 Å². The summed E-state index contributed by atoms with van der Waals surface area (Å²) in [6.07, 6.45) is 5.83. The monoisotopic (exact) mass is 468 g/mol. The van der Waals surface area contributed by atoms with E-state index in [2.05, 4.69) is 24.0 Å². The number of amides is 1. The van der Waals surface area contributed by atoms with E-state index in [1.54, 1.807) is 6.07 Å². The van der Waals surface area contributed by atoms with Gasteiger partial charge in [-0.1, -0.05) is 44.0 Å².